The van der Waals surface area contributed by atoms with Gasteiger partial charge in [-0.3, -0.25) is 4.68 Å². The maximum Gasteiger partial charge on any atom is 0.319 e. The number of carbonyl (C=O) groups excluding carboxylic acids is 1. The van der Waals surface area contributed by atoms with E-state index >= 15 is 0 Å². The Balaban J connectivity index is 1.50. The molecule has 2 amide bonds. The molecule has 1 aromatic carbocycles. The van der Waals surface area contributed by atoms with Crippen LogP contribution in [0.4, 0.5) is 10.5 Å². The van der Waals surface area contributed by atoms with Gasteiger partial charge in [-0.1, -0.05) is 25.0 Å². The van der Waals surface area contributed by atoms with Crippen molar-refractivity contribution in [3.8, 4) is 0 Å². The molecule has 0 bridgehead atoms. The van der Waals surface area contributed by atoms with Crippen molar-refractivity contribution in [3.63, 3.8) is 0 Å². The van der Waals surface area contributed by atoms with Crippen molar-refractivity contribution in [2.24, 2.45) is 5.92 Å². The number of carbonyl (C=O) groups is 1. The van der Waals surface area contributed by atoms with Crippen LogP contribution < -0.4 is 10.6 Å². The van der Waals surface area contributed by atoms with Crippen molar-refractivity contribution in [2.75, 3.05) is 11.9 Å². The lowest BCUT2D eigenvalue weighted by Crippen LogP contribution is -2.38. The predicted octanol–water partition coefficient (Wildman–Crippen LogP) is 2.60. The van der Waals surface area contributed by atoms with Gasteiger partial charge in [-0.25, -0.2) is 4.79 Å². The highest BCUT2D eigenvalue weighted by atomic mass is 16.3. The van der Waals surface area contributed by atoms with E-state index in [1.54, 1.807) is 6.20 Å². The van der Waals surface area contributed by atoms with E-state index in [1.165, 1.54) is 0 Å². The van der Waals surface area contributed by atoms with E-state index in [1.807, 2.05) is 41.2 Å². The summed E-state index contributed by atoms with van der Waals surface area (Å²) in [7, 11) is 0. The van der Waals surface area contributed by atoms with Crippen LogP contribution in [0.3, 0.4) is 0 Å². The summed E-state index contributed by atoms with van der Waals surface area (Å²) in [6.45, 7) is 1.18. The van der Waals surface area contributed by atoms with Gasteiger partial charge in [-0.15, -0.1) is 0 Å². The molecule has 1 heterocycles. The number of hydrogen-bond donors (Lipinski definition) is 3. The minimum Gasteiger partial charge on any atom is -0.393 e. The number of aliphatic hydroxyl groups excluding tert-OH is 1. The van der Waals surface area contributed by atoms with Crippen molar-refractivity contribution in [1.82, 2.24) is 15.1 Å². The van der Waals surface area contributed by atoms with Crippen molar-refractivity contribution in [2.45, 2.75) is 38.3 Å². The number of benzene rings is 1. The molecule has 0 aliphatic heterocycles. The number of aromatic nitrogens is 2. The summed E-state index contributed by atoms with van der Waals surface area (Å²) in [5.41, 5.74) is 1.82. The molecular formula is C18H24N4O2. The first kappa shape index (κ1) is 16.5. The van der Waals surface area contributed by atoms with Gasteiger partial charge < -0.3 is 15.7 Å². The van der Waals surface area contributed by atoms with Gasteiger partial charge in [0.2, 0.25) is 0 Å². The maximum atomic E-state index is 12.1. The fourth-order valence-corrected chi connectivity index (χ4v) is 3.15. The zero-order valence-corrected chi connectivity index (χ0v) is 13.7. The van der Waals surface area contributed by atoms with Gasteiger partial charge >= 0.3 is 6.03 Å². The first-order chi connectivity index (χ1) is 11.7. The van der Waals surface area contributed by atoms with E-state index in [9.17, 15) is 9.90 Å². The van der Waals surface area contributed by atoms with E-state index in [4.69, 9.17) is 0 Å². The second kappa shape index (κ2) is 7.97. The van der Waals surface area contributed by atoms with E-state index < -0.39 is 0 Å². The first-order valence-electron chi connectivity index (χ1n) is 8.50. The van der Waals surface area contributed by atoms with Gasteiger partial charge in [0.15, 0.2) is 0 Å². The Hall–Kier alpha value is -2.34. The van der Waals surface area contributed by atoms with Crippen LogP contribution in [0.25, 0.3) is 0 Å². The van der Waals surface area contributed by atoms with Gasteiger partial charge in [0.05, 0.1) is 12.6 Å². The Labute approximate surface area is 141 Å². The highest BCUT2D eigenvalue weighted by Crippen LogP contribution is 2.23. The molecule has 6 nitrogen and oxygen atoms in total. The first-order valence-corrected chi connectivity index (χ1v) is 8.50. The number of hydrogen-bond acceptors (Lipinski definition) is 3. The molecule has 128 valence electrons. The zero-order valence-electron chi connectivity index (χ0n) is 13.7. The number of urea groups is 1. The summed E-state index contributed by atoms with van der Waals surface area (Å²) in [5, 5.41) is 19.9. The van der Waals surface area contributed by atoms with E-state index in [2.05, 4.69) is 15.7 Å². The van der Waals surface area contributed by atoms with Crippen LogP contribution in [0.15, 0.2) is 42.7 Å². The van der Waals surface area contributed by atoms with Gasteiger partial charge in [-0.05, 0) is 36.6 Å². The molecule has 3 N–H and O–H groups in total. The molecule has 2 unspecified atom stereocenters. The summed E-state index contributed by atoms with van der Waals surface area (Å²) < 4.78 is 1.84. The molecule has 1 aliphatic carbocycles. The largest absolute Gasteiger partial charge is 0.393 e. The molecule has 1 saturated carbocycles. The second-order valence-corrected chi connectivity index (χ2v) is 6.35. The van der Waals surface area contributed by atoms with Gasteiger partial charge in [-0.2, -0.15) is 5.10 Å². The number of rotatable bonds is 5. The summed E-state index contributed by atoms with van der Waals surface area (Å²) >= 11 is 0. The molecule has 1 fully saturated rings. The fraction of sp³-hybridized carbons (Fsp3) is 0.444. The van der Waals surface area contributed by atoms with Gasteiger partial charge in [0.1, 0.15) is 0 Å². The molecule has 1 aliphatic rings. The molecule has 0 radical (unpaired) electrons. The number of amides is 2. The standard InChI is InChI=1S/C18H24N4O2/c23-17-8-2-1-6-15(17)12-19-18(24)21-16-7-3-5-14(11-16)13-22-10-4-9-20-22/h3-5,7,9-11,15,17,23H,1-2,6,8,12-13H2,(H2,19,21,24). The minimum absolute atomic E-state index is 0.163. The molecular weight excluding hydrogens is 304 g/mol. The molecule has 0 spiro atoms. The molecule has 6 heteroatoms. The Kier molecular flexibility index (Phi) is 5.48. The topological polar surface area (TPSA) is 79.2 Å². The molecule has 1 aromatic heterocycles. The summed E-state index contributed by atoms with van der Waals surface area (Å²) in [6, 6.07) is 9.37. The average molecular weight is 328 g/mol. The monoisotopic (exact) mass is 328 g/mol. The molecule has 0 saturated heterocycles. The second-order valence-electron chi connectivity index (χ2n) is 6.35. The highest BCUT2D eigenvalue weighted by Gasteiger charge is 2.23. The molecule has 2 atom stereocenters. The lowest BCUT2D eigenvalue weighted by molar-refractivity contribution is 0.0712. The van der Waals surface area contributed by atoms with Crippen molar-refractivity contribution < 1.29 is 9.90 Å². The smallest absolute Gasteiger partial charge is 0.319 e. The van der Waals surface area contributed by atoms with Crippen molar-refractivity contribution in [1.29, 1.82) is 0 Å². The summed E-state index contributed by atoms with van der Waals surface area (Å²) in [5.74, 6) is 0.163. The van der Waals surface area contributed by atoms with Gasteiger partial charge in [0.25, 0.3) is 0 Å². The lowest BCUT2D eigenvalue weighted by Gasteiger charge is -2.27. The van der Waals surface area contributed by atoms with Crippen molar-refractivity contribution >= 4 is 11.7 Å². The SMILES string of the molecule is O=C(NCC1CCCCC1O)Nc1cccc(Cn2cccn2)c1. The Bertz CT molecular complexity index is 657. The van der Waals surface area contributed by atoms with Crippen LogP contribution in [0.5, 0.6) is 0 Å². The normalized spacial score (nSPS) is 20.5. The number of nitrogens with one attached hydrogen (secondary N) is 2. The maximum absolute atomic E-state index is 12.1. The zero-order chi connectivity index (χ0) is 16.8. The third-order valence-corrected chi connectivity index (χ3v) is 4.48. The minimum atomic E-state index is -0.295. The third kappa shape index (κ3) is 4.58. The fourth-order valence-electron chi connectivity index (χ4n) is 3.15. The third-order valence-electron chi connectivity index (χ3n) is 4.48. The van der Waals surface area contributed by atoms with Gasteiger partial charge in [0, 0.05) is 30.5 Å². The quantitative estimate of drug-likeness (QED) is 0.789. The van der Waals surface area contributed by atoms with Crippen LogP contribution in [-0.2, 0) is 6.54 Å². The summed E-state index contributed by atoms with van der Waals surface area (Å²) in [6.07, 6.45) is 7.37. The molecule has 3 rings (SSSR count). The highest BCUT2D eigenvalue weighted by molar-refractivity contribution is 5.89. The van der Waals surface area contributed by atoms with Crippen molar-refractivity contribution in [3.05, 3.63) is 48.3 Å². The Morgan fingerprint density at radius 3 is 2.96 bits per heavy atom. The van der Waals surface area contributed by atoms with E-state index in [0.717, 1.165) is 36.9 Å². The van der Waals surface area contributed by atoms with Crippen LogP contribution in [-0.4, -0.2) is 33.6 Å². The van der Waals surface area contributed by atoms with Crippen LogP contribution >= 0.6 is 0 Å². The van der Waals surface area contributed by atoms with Crippen LogP contribution in [0, 0.1) is 5.92 Å². The number of anilines is 1. The lowest BCUT2D eigenvalue weighted by atomic mass is 9.86. The average Bonchev–Trinajstić information content (AvgIpc) is 3.07. The predicted molar refractivity (Wildman–Crippen MR) is 92.8 cm³/mol. The molecule has 2 aromatic rings. The Morgan fingerprint density at radius 1 is 1.29 bits per heavy atom. The number of aliphatic hydroxyl groups is 1. The van der Waals surface area contributed by atoms with E-state index in [0.29, 0.717) is 13.1 Å². The number of nitrogens with zero attached hydrogens (tertiary/aromatic N) is 2. The van der Waals surface area contributed by atoms with E-state index in [-0.39, 0.29) is 18.1 Å². The Morgan fingerprint density at radius 2 is 2.17 bits per heavy atom. The molecule has 24 heavy (non-hydrogen) atoms. The summed E-state index contributed by atoms with van der Waals surface area (Å²) in [4.78, 5) is 12.1. The van der Waals surface area contributed by atoms with Crippen LogP contribution in [0.1, 0.15) is 31.2 Å². The van der Waals surface area contributed by atoms with Crippen LogP contribution in [0.2, 0.25) is 0 Å².